The van der Waals surface area contributed by atoms with E-state index >= 15 is 0 Å². The average molecular weight is 129 g/mol. The first-order valence-electron chi connectivity index (χ1n) is 3.30. The molecule has 1 aliphatic rings. The fourth-order valence-corrected chi connectivity index (χ4v) is 1.53. The summed E-state index contributed by atoms with van der Waals surface area (Å²) in [6.07, 6.45) is 9.60. The normalized spacial score (nSPS) is 20.6. The summed E-state index contributed by atoms with van der Waals surface area (Å²) in [5.74, 6) is 2.34. The van der Waals surface area contributed by atoms with E-state index in [-0.39, 0.29) is 0 Å². The van der Waals surface area contributed by atoms with Crippen molar-refractivity contribution in [1.29, 1.82) is 0 Å². The molecule has 0 N–H and O–H groups in total. The molecule has 0 aliphatic heterocycles. The molecule has 0 aromatic heterocycles. The molecule has 0 aromatic rings. The highest BCUT2D eigenvalue weighted by Crippen LogP contribution is 2.30. The molecule has 47 valence electrons. The van der Waals surface area contributed by atoms with E-state index in [4.69, 9.17) is 0 Å². The van der Waals surface area contributed by atoms with Gasteiger partial charge in [-0.3, -0.25) is 0 Å². The van der Waals surface area contributed by atoms with Gasteiger partial charge in [0.25, 0.3) is 0 Å². The van der Waals surface area contributed by atoms with Crippen LogP contribution in [-0.4, -0.2) is 5.75 Å². The molecule has 0 nitrogen and oxygen atoms in total. The number of hydrogen-bond acceptors (Lipinski definition) is 1. The van der Waals surface area contributed by atoms with Gasteiger partial charge in [0.2, 0.25) is 0 Å². The highest BCUT2D eigenvalue weighted by Gasteiger charge is 2.15. The van der Waals surface area contributed by atoms with Crippen LogP contribution in [0.3, 0.4) is 0 Å². The van der Waals surface area contributed by atoms with Crippen molar-refractivity contribution in [3.63, 3.8) is 0 Å². The second kappa shape index (κ2) is 3.39. The molecule has 1 radical (unpaired) electrons. The third-order valence-electron chi connectivity index (χ3n) is 1.90. The second-order valence-electron chi connectivity index (χ2n) is 2.49. The van der Waals surface area contributed by atoms with Crippen molar-refractivity contribution >= 4 is 11.8 Å². The highest BCUT2D eigenvalue weighted by molar-refractivity contribution is 8.00. The van der Waals surface area contributed by atoms with E-state index in [1.165, 1.54) is 31.4 Å². The van der Waals surface area contributed by atoms with Gasteiger partial charge in [-0.1, -0.05) is 19.3 Å². The van der Waals surface area contributed by atoms with Crippen LogP contribution in [0.4, 0.5) is 0 Å². The fraction of sp³-hybridized carbons (Fsp3) is 0.857. The molecule has 0 spiro atoms. The zero-order valence-electron chi connectivity index (χ0n) is 5.23. The zero-order valence-corrected chi connectivity index (χ0v) is 6.04. The van der Waals surface area contributed by atoms with Gasteiger partial charge in [-0.25, -0.2) is 0 Å². The summed E-state index contributed by atoms with van der Waals surface area (Å²) in [5.41, 5.74) is 0. The van der Waals surface area contributed by atoms with Crippen molar-refractivity contribution in [2.45, 2.75) is 25.7 Å². The van der Waals surface area contributed by atoms with Crippen molar-refractivity contribution in [1.82, 2.24) is 0 Å². The van der Waals surface area contributed by atoms with Crippen LogP contribution >= 0.6 is 11.8 Å². The summed E-state index contributed by atoms with van der Waals surface area (Å²) < 4.78 is 0. The van der Waals surface area contributed by atoms with Gasteiger partial charge in [0.15, 0.2) is 0 Å². The first-order chi connectivity index (χ1) is 3.93. The topological polar surface area (TPSA) is 0 Å². The van der Waals surface area contributed by atoms with E-state index in [1.54, 1.807) is 11.8 Å². The maximum absolute atomic E-state index is 3.73. The lowest BCUT2D eigenvalue weighted by Gasteiger charge is -2.24. The van der Waals surface area contributed by atoms with Crippen LogP contribution in [0.5, 0.6) is 0 Å². The Balaban J connectivity index is 1.86. The number of hydrogen-bond donors (Lipinski definition) is 0. The molecule has 1 rings (SSSR count). The van der Waals surface area contributed by atoms with Crippen LogP contribution in [0.25, 0.3) is 0 Å². The Hall–Kier alpha value is 0.350. The maximum Gasteiger partial charge on any atom is 0.00235 e. The minimum Gasteiger partial charge on any atom is -0.161 e. The van der Waals surface area contributed by atoms with Crippen LogP contribution in [-0.2, 0) is 0 Å². The Bertz CT molecular complexity index is 57.4. The average Bonchev–Trinajstić information content (AvgIpc) is 1.63. The van der Waals surface area contributed by atoms with E-state index in [9.17, 15) is 0 Å². The molecule has 0 bridgehead atoms. The van der Waals surface area contributed by atoms with Gasteiger partial charge in [-0.2, -0.15) is 11.8 Å². The molecular formula is C7H13S. The quantitative estimate of drug-likeness (QED) is 0.564. The van der Waals surface area contributed by atoms with Crippen molar-refractivity contribution in [2.75, 3.05) is 5.75 Å². The van der Waals surface area contributed by atoms with E-state index in [2.05, 4.69) is 6.26 Å². The molecule has 1 fully saturated rings. The van der Waals surface area contributed by atoms with Gasteiger partial charge < -0.3 is 0 Å². The Kier molecular flexibility index (Phi) is 2.74. The molecule has 1 heteroatoms. The summed E-state index contributed by atoms with van der Waals surface area (Å²) in [5, 5.41) is 0. The van der Waals surface area contributed by atoms with Crippen LogP contribution < -0.4 is 0 Å². The molecule has 0 heterocycles. The van der Waals surface area contributed by atoms with Gasteiger partial charge in [-0.05, 0) is 18.1 Å². The van der Waals surface area contributed by atoms with Gasteiger partial charge in [0.1, 0.15) is 0 Å². The monoisotopic (exact) mass is 129 g/mol. The van der Waals surface area contributed by atoms with Crippen LogP contribution in [0.1, 0.15) is 25.7 Å². The Morgan fingerprint density at radius 1 is 1.50 bits per heavy atom. The van der Waals surface area contributed by atoms with Gasteiger partial charge in [0.05, 0.1) is 0 Å². The summed E-state index contributed by atoms with van der Waals surface area (Å²) in [6, 6.07) is 0. The van der Waals surface area contributed by atoms with Gasteiger partial charge in [0, 0.05) is 6.26 Å². The Morgan fingerprint density at radius 2 is 2.25 bits per heavy atom. The maximum atomic E-state index is 3.73. The van der Waals surface area contributed by atoms with Gasteiger partial charge in [-0.15, -0.1) is 0 Å². The standard InChI is InChI=1S/C7H13S/c1-8-6-5-7-3-2-4-7/h7H,1-6H2. The number of rotatable bonds is 3. The predicted molar refractivity (Wildman–Crippen MR) is 39.8 cm³/mol. The third kappa shape index (κ3) is 1.70. The van der Waals surface area contributed by atoms with Crippen LogP contribution in [0.15, 0.2) is 0 Å². The lowest BCUT2D eigenvalue weighted by Crippen LogP contribution is -2.11. The molecule has 0 saturated heterocycles. The summed E-state index contributed by atoms with van der Waals surface area (Å²) in [6.45, 7) is 0. The highest BCUT2D eigenvalue weighted by atomic mass is 32.2. The molecule has 1 aliphatic carbocycles. The molecule has 1 saturated carbocycles. The minimum atomic E-state index is 1.07. The fourth-order valence-electron chi connectivity index (χ4n) is 1.03. The van der Waals surface area contributed by atoms with Crippen molar-refractivity contribution in [2.24, 2.45) is 5.92 Å². The van der Waals surface area contributed by atoms with Crippen LogP contribution in [0, 0.1) is 12.2 Å². The van der Waals surface area contributed by atoms with Crippen molar-refractivity contribution in [3.8, 4) is 0 Å². The molecule has 0 aromatic carbocycles. The first-order valence-corrected chi connectivity index (χ1v) is 4.46. The largest absolute Gasteiger partial charge is 0.161 e. The van der Waals surface area contributed by atoms with E-state index in [1.807, 2.05) is 0 Å². The van der Waals surface area contributed by atoms with E-state index in [0.29, 0.717) is 0 Å². The lowest BCUT2D eigenvalue weighted by molar-refractivity contribution is 0.309. The van der Waals surface area contributed by atoms with Crippen molar-refractivity contribution < 1.29 is 0 Å². The SMILES string of the molecule is [CH2]SCCC1CCC1. The summed E-state index contributed by atoms with van der Waals surface area (Å²) in [7, 11) is 0. The Morgan fingerprint density at radius 3 is 2.62 bits per heavy atom. The minimum absolute atomic E-state index is 1.07. The van der Waals surface area contributed by atoms with Gasteiger partial charge >= 0.3 is 0 Å². The van der Waals surface area contributed by atoms with Crippen molar-refractivity contribution in [3.05, 3.63) is 6.26 Å². The van der Waals surface area contributed by atoms with Crippen LogP contribution in [0.2, 0.25) is 0 Å². The molecular weight excluding hydrogens is 116 g/mol. The molecule has 0 amide bonds. The summed E-state index contributed by atoms with van der Waals surface area (Å²) >= 11 is 1.73. The number of thioether (sulfide) groups is 1. The third-order valence-corrected chi connectivity index (χ3v) is 2.42. The van der Waals surface area contributed by atoms with E-state index < -0.39 is 0 Å². The molecule has 0 unspecified atom stereocenters. The first kappa shape index (κ1) is 6.47. The lowest BCUT2D eigenvalue weighted by atomic mass is 9.84. The van der Waals surface area contributed by atoms with E-state index in [0.717, 1.165) is 5.92 Å². The smallest absolute Gasteiger partial charge is 0.00235 e. The molecule has 8 heavy (non-hydrogen) atoms. The predicted octanol–water partition coefficient (Wildman–Crippen LogP) is 2.70. The Labute approximate surface area is 56.0 Å². The second-order valence-corrected chi connectivity index (χ2v) is 3.31. The zero-order chi connectivity index (χ0) is 5.82. The summed E-state index contributed by atoms with van der Waals surface area (Å²) in [4.78, 5) is 0. The molecule has 0 atom stereocenters.